The molecule has 1 aliphatic rings. The zero-order valence-corrected chi connectivity index (χ0v) is 11.9. The van der Waals surface area contributed by atoms with Crippen molar-refractivity contribution in [3.8, 4) is 0 Å². The van der Waals surface area contributed by atoms with Gasteiger partial charge in [-0.15, -0.1) is 0 Å². The first-order valence-corrected chi connectivity index (χ1v) is 6.81. The van der Waals surface area contributed by atoms with Gasteiger partial charge in [-0.2, -0.15) is 0 Å². The molecule has 2 N–H and O–H groups in total. The van der Waals surface area contributed by atoms with Gasteiger partial charge < -0.3 is 22.4 Å². The average molecular weight is 270 g/mol. The molecule has 3 heteroatoms. The lowest BCUT2D eigenvalue weighted by Gasteiger charge is -2.25. The van der Waals surface area contributed by atoms with E-state index in [-0.39, 0.29) is 18.5 Å². The van der Waals surface area contributed by atoms with Gasteiger partial charge in [-0.25, -0.2) is 0 Å². The van der Waals surface area contributed by atoms with E-state index in [4.69, 9.17) is 0 Å². The van der Waals surface area contributed by atoms with Crippen LogP contribution in [0.2, 0.25) is 0 Å². The third-order valence-electron chi connectivity index (χ3n) is 3.68. The molecule has 0 spiro atoms. The van der Waals surface area contributed by atoms with Crippen molar-refractivity contribution in [2.24, 2.45) is 0 Å². The summed E-state index contributed by atoms with van der Waals surface area (Å²) in [6.45, 7) is 5.49. The van der Waals surface area contributed by atoms with E-state index in [2.05, 4.69) is 31.2 Å². The molecule has 1 atom stereocenters. The number of benzene rings is 1. The minimum atomic E-state index is -0.189. The quantitative estimate of drug-likeness (QED) is 0.648. The summed E-state index contributed by atoms with van der Waals surface area (Å²) < 4.78 is 0. The molecule has 1 heterocycles. The number of piperidine rings is 1. The summed E-state index contributed by atoms with van der Waals surface area (Å²) >= 11 is 0. The van der Waals surface area contributed by atoms with Gasteiger partial charge in [0.25, 0.3) is 0 Å². The molecule has 1 unspecified atom stereocenters. The molecule has 102 valence electrons. The first-order chi connectivity index (χ1) is 8.24. The lowest BCUT2D eigenvalue weighted by molar-refractivity contribution is -0.907. The Hall–Kier alpha value is -0.570. The lowest BCUT2D eigenvalue weighted by Crippen LogP contribution is -3.13. The van der Waals surface area contributed by atoms with E-state index in [9.17, 15) is 5.11 Å². The third kappa shape index (κ3) is 4.97. The second-order valence-electron chi connectivity index (χ2n) is 5.36. The highest BCUT2D eigenvalue weighted by Crippen LogP contribution is 2.05. The van der Waals surface area contributed by atoms with Crippen molar-refractivity contribution in [3.63, 3.8) is 0 Å². The first kappa shape index (κ1) is 15.5. The molecule has 0 bridgehead atoms. The number of aryl methyl sites for hydroxylation is 1. The highest BCUT2D eigenvalue weighted by molar-refractivity contribution is 5.21. The summed E-state index contributed by atoms with van der Waals surface area (Å²) in [6.07, 6.45) is 4.63. The van der Waals surface area contributed by atoms with E-state index in [1.807, 2.05) is 0 Å². The number of hydrogen-bond donors (Lipinski definition) is 2. The molecule has 0 aromatic heterocycles. The normalized spacial score (nSPS) is 18.1. The molecular weight excluding hydrogens is 246 g/mol. The Morgan fingerprint density at radius 1 is 1.11 bits per heavy atom. The van der Waals surface area contributed by atoms with Gasteiger partial charge in [0.1, 0.15) is 12.6 Å². The number of rotatable bonds is 4. The summed E-state index contributed by atoms with van der Waals surface area (Å²) in [5, 5.41) is 10.1. The van der Waals surface area contributed by atoms with Crippen LogP contribution in [0.1, 0.15) is 30.4 Å². The Morgan fingerprint density at radius 2 is 1.72 bits per heavy atom. The van der Waals surface area contributed by atoms with Gasteiger partial charge in [-0.3, -0.25) is 0 Å². The Kier molecular flexibility index (Phi) is 6.69. The van der Waals surface area contributed by atoms with Crippen LogP contribution < -0.4 is 17.3 Å². The molecule has 0 amide bonds. The minimum Gasteiger partial charge on any atom is -1.00 e. The summed E-state index contributed by atoms with van der Waals surface area (Å²) in [6, 6.07) is 8.50. The molecule has 2 rings (SSSR count). The maximum Gasteiger partial charge on any atom is 0.107 e. The van der Waals surface area contributed by atoms with Crippen molar-refractivity contribution in [1.82, 2.24) is 0 Å². The molecule has 1 aromatic rings. The van der Waals surface area contributed by atoms with Crippen molar-refractivity contribution in [2.75, 3.05) is 19.6 Å². The van der Waals surface area contributed by atoms with Crippen LogP contribution in [-0.4, -0.2) is 30.8 Å². The van der Waals surface area contributed by atoms with Gasteiger partial charge in [-0.05, 0) is 31.7 Å². The largest absolute Gasteiger partial charge is 1.00 e. The maximum atomic E-state index is 10.1. The van der Waals surface area contributed by atoms with Gasteiger partial charge >= 0.3 is 0 Å². The Balaban J connectivity index is 0.00000162. The Morgan fingerprint density at radius 3 is 2.33 bits per heavy atom. The van der Waals surface area contributed by atoms with Crippen LogP contribution in [0.5, 0.6) is 0 Å². The molecule has 0 radical (unpaired) electrons. The molecule has 2 nitrogen and oxygen atoms in total. The number of quaternary nitrogens is 1. The van der Waals surface area contributed by atoms with Crippen molar-refractivity contribution in [3.05, 3.63) is 35.4 Å². The zero-order valence-electron chi connectivity index (χ0n) is 11.2. The molecule has 1 aliphatic heterocycles. The van der Waals surface area contributed by atoms with Crippen LogP contribution in [0.25, 0.3) is 0 Å². The summed E-state index contributed by atoms with van der Waals surface area (Å²) in [5.74, 6) is 0. The second kappa shape index (κ2) is 7.78. The van der Waals surface area contributed by atoms with Gasteiger partial charge in [0, 0.05) is 6.42 Å². The Labute approximate surface area is 116 Å². The number of hydrogen-bond acceptors (Lipinski definition) is 1. The van der Waals surface area contributed by atoms with Crippen molar-refractivity contribution < 1.29 is 22.4 Å². The highest BCUT2D eigenvalue weighted by Gasteiger charge is 2.17. The summed E-state index contributed by atoms with van der Waals surface area (Å²) in [7, 11) is 0. The maximum absolute atomic E-state index is 10.1. The fraction of sp³-hybridized carbons (Fsp3) is 0.600. The van der Waals surface area contributed by atoms with E-state index in [0.717, 1.165) is 13.0 Å². The van der Waals surface area contributed by atoms with Crippen LogP contribution in [0.15, 0.2) is 24.3 Å². The number of likely N-dealkylation sites (tertiary alicyclic amines) is 1. The summed E-state index contributed by atoms with van der Waals surface area (Å²) in [4.78, 5) is 1.58. The van der Waals surface area contributed by atoms with E-state index in [1.165, 1.54) is 43.5 Å². The number of halogens is 1. The van der Waals surface area contributed by atoms with Crippen LogP contribution in [0, 0.1) is 6.92 Å². The SMILES string of the molecule is Cc1ccc(CC(O)C[NH+]2CCCCC2)cc1.[Cl-]. The molecule has 1 saturated heterocycles. The molecule has 18 heavy (non-hydrogen) atoms. The second-order valence-corrected chi connectivity index (χ2v) is 5.36. The molecule has 1 aromatic carbocycles. The first-order valence-electron chi connectivity index (χ1n) is 6.81. The van der Waals surface area contributed by atoms with E-state index >= 15 is 0 Å². The number of nitrogens with one attached hydrogen (secondary N) is 1. The van der Waals surface area contributed by atoms with Gasteiger partial charge in [0.05, 0.1) is 13.1 Å². The van der Waals surface area contributed by atoms with Crippen molar-refractivity contribution in [2.45, 2.75) is 38.7 Å². The van der Waals surface area contributed by atoms with Crippen molar-refractivity contribution in [1.29, 1.82) is 0 Å². The van der Waals surface area contributed by atoms with Crippen LogP contribution in [-0.2, 0) is 6.42 Å². The third-order valence-corrected chi connectivity index (χ3v) is 3.68. The predicted octanol–water partition coefficient (Wildman–Crippen LogP) is -2.03. The molecular formula is C15H24ClNO. The van der Waals surface area contributed by atoms with Gasteiger partial charge in [0.15, 0.2) is 0 Å². The predicted molar refractivity (Wildman–Crippen MR) is 70.3 cm³/mol. The topological polar surface area (TPSA) is 24.7 Å². The molecule has 0 saturated carbocycles. The van der Waals surface area contributed by atoms with E-state index < -0.39 is 0 Å². The molecule has 0 aliphatic carbocycles. The zero-order chi connectivity index (χ0) is 12.1. The standard InChI is InChI=1S/C15H23NO.ClH/c1-13-5-7-14(8-6-13)11-15(17)12-16-9-3-2-4-10-16;/h5-8,15,17H,2-4,9-12H2,1H3;1H. The number of aliphatic hydroxyl groups is 1. The monoisotopic (exact) mass is 269 g/mol. The average Bonchev–Trinajstić information content (AvgIpc) is 2.33. The fourth-order valence-corrected chi connectivity index (χ4v) is 2.66. The minimum absolute atomic E-state index is 0. The molecule has 1 fully saturated rings. The summed E-state index contributed by atoms with van der Waals surface area (Å²) in [5.41, 5.74) is 2.53. The van der Waals surface area contributed by atoms with Crippen LogP contribution in [0.4, 0.5) is 0 Å². The Bertz CT molecular complexity index is 333. The van der Waals surface area contributed by atoms with Crippen LogP contribution in [0.3, 0.4) is 0 Å². The van der Waals surface area contributed by atoms with Gasteiger partial charge in [-0.1, -0.05) is 29.8 Å². The lowest BCUT2D eigenvalue weighted by atomic mass is 10.0. The van der Waals surface area contributed by atoms with Crippen LogP contribution >= 0.6 is 0 Å². The fourth-order valence-electron chi connectivity index (χ4n) is 2.66. The van der Waals surface area contributed by atoms with Gasteiger partial charge in [0.2, 0.25) is 0 Å². The van der Waals surface area contributed by atoms with Crippen molar-refractivity contribution >= 4 is 0 Å². The smallest absolute Gasteiger partial charge is 0.107 e. The number of aliphatic hydroxyl groups excluding tert-OH is 1. The van der Waals surface area contributed by atoms with E-state index in [1.54, 1.807) is 4.90 Å². The van der Waals surface area contributed by atoms with E-state index in [0.29, 0.717) is 0 Å². The highest BCUT2D eigenvalue weighted by atomic mass is 35.5.